The molecular weight excluding hydrogens is 462 g/mol. The maximum Gasteiger partial charge on any atom is 0.255 e. The Bertz CT molecular complexity index is 1060. The number of hydrogen-bond donors (Lipinski definition) is 1. The van der Waals surface area contributed by atoms with E-state index < -0.39 is 0 Å². The summed E-state index contributed by atoms with van der Waals surface area (Å²) in [7, 11) is 1.55. The van der Waals surface area contributed by atoms with Crippen LogP contribution in [0.25, 0.3) is 22.3 Å². The fourth-order valence-electron chi connectivity index (χ4n) is 3.37. The molecule has 5 nitrogen and oxygen atoms in total. The summed E-state index contributed by atoms with van der Waals surface area (Å²) >= 11 is 2.17. The van der Waals surface area contributed by atoms with Crippen LogP contribution in [0.4, 0.5) is 10.1 Å². The van der Waals surface area contributed by atoms with Crippen molar-refractivity contribution in [2.75, 3.05) is 18.5 Å². The van der Waals surface area contributed by atoms with E-state index in [1.807, 2.05) is 6.07 Å². The van der Waals surface area contributed by atoms with Crippen LogP contribution in [0.1, 0.15) is 23.2 Å². The predicted molar refractivity (Wildman–Crippen MR) is 109 cm³/mol. The van der Waals surface area contributed by atoms with Crippen LogP contribution in [0.3, 0.4) is 0 Å². The largest absolute Gasteiger partial charge is 0.455 e. The minimum Gasteiger partial charge on any atom is -0.455 e. The van der Waals surface area contributed by atoms with Crippen LogP contribution in [0.2, 0.25) is 0 Å². The molecule has 138 valence electrons. The Morgan fingerprint density at radius 3 is 2.63 bits per heavy atom. The van der Waals surface area contributed by atoms with E-state index in [2.05, 4.69) is 27.9 Å². The number of nitrogens with one attached hydrogen (secondary N) is 1. The van der Waals surface area contributed by atoms with Gasteiger partial charge in [-0.2, -0.15) is 0 Å². The first-order valence-electron chi connectivity index (χ1n) is 8.54. The number of anilines is 1. The van der Waals surface area contributed by atoms with Gasteiger partial charge in [-0.3, -0.25) is 9.59 Å². The molecule has 0 radical (unpaired) electrons. The lowest BCUT2D eigenvalue weighted by Gasteiger charge is -2.17. The van der Waals surface area contributed by atoms with Crippen molar-refractivity contribution in [1.82, 2.24) is 5.32 Å². The zero-order chi connectivity index (χ0) is 19.1. The number of amides is 2. The Morgan fingerprint density at radius 1 is 1.26 bits per heavy atom. The minimum atomic E-state index is -0.360. The van der Waals surface area contributed by atoms with E-state index in [4.69, 9.17) is 4.42 Å². The van der Waals surface area contributed by atoms with Crippen molar-refractivity contribution < 1.29 is 18.4 Å². The third kappa shape index (κ3) is 3.09. The molecule has 7 heteroatoms. The number of carbonyl (C=O) groups is 2. The van der Waals surface area contributed by atoms with E-state index in [0.29, 0.717) is 40.8 Å². The zero-order valence-electron chi connectivity index (χ0n) is 14.5. The summed E-state index contributed by atoms with van der Waals surface area (Å²) in [5.74, 6) is -0.177. The lowest BCUT2D eigenvalue weighted by atomic mass is 10.0. The summed E-state index contributed by atoms with van der Waals surface area (Å²) in [6, 6.07) is 9.48. The van der Waals surface area contributed by atoms with Crippen LogP contribution in [-0.4, -0.2) is 25.4 Å². The van der Waals surface area contributed by atoms with Gasteiger partial charge in [-0.1, -0.05) is 0 Å². The Labute approximate surface area is 168 Å². The molecule has 4 rings (SSSR count). The number of fused-ring (bicyclic) bond motifs is 1. The van der Waals surface area contributed by atoms with Crippen LogP contribution in [0, 0.1) is 9.39 Å². The molecule has 1 aromatic heterocycles. The smallest absolute Gasteiger partial charge is 0.255 e. The van der Waals surface area contributed by atoms with Gasteiger partial charge in [0.2, 0.25) is 5.91 Å². The van der Waals surface area contributed by atoms with Crippen molar-refractivity contribution in [2.45, 2.75) is 12.8 Å². The van der Waals surface area contributed by atoms with Crippen molar-refractivity contribution in [3.63, 3.8) is 0 Å². The lowest BCUT2D eigenvalue weighted by Crippen LogP contribution is -2.24. The number of halogens is 2. The highest BCUT2D eigenvalue weighted by Gasteiger charge is 2.27. The summed E-state index contributed by atoms with van der Waals surface area (Å²) in [6.07, 6.45) is 1.37. The van der Waals surface area contributed by atoms with Crippen LogP contribution in [-0.2, 0) is 4.79 Å². The average Bonchev–Trinajstić information content (AvgIpc) is 3.24. The van der Waals surface area contributed by atoms with Crippen molar-refractivity contribution >= 4 is 51.1 Å². The van der Waals surface area contributed by atoms with E-state index in [-0.39, 0.29) is 17.6 Å². The second-order valence-electron chi connectivity index (χ2n) is 6.34. The Hall–Kier alpha value is -2.42. The standard InChI is InChI=1S/C20H16FIN2O3/c1-23-20(26)18-13-9-14(22)15(24-8-2-3-17(24)25)10-16(13)27-19(18)11-4-6-12(21)7-5-11/h4-7,9-10H,2-3,8H2,1H3,(H,23,26). The molecule has 0 aliphatic carbocycles. The van der Waals surface area contributed by atoms with Crippen LogP contribution in [0.15, 0.2) is 40.8 Å². The maximum atomic E-state index is 13.3. The lowest BCUT2D eigenvalue weighted by molar-refractivity contribution is -0.117. The van der Waals surface area contributed by atoms with E-state index >= 15 is 0 Å². The van der Waals surface area contributed by atoms with Gasteiger partial charge in [0.1, 0.15) is 17.2 Å². The summed E-state index contributed by atoms with van der Waals surface area (Å²) < 4.78 is 20.2. The van der Waals surface area contributed by atoms with E-state index in [0.717, 1.165) is 15.7 Å². The molecule has 1 saturated heterocycles. The molecule has 3 aromatic rings. The highest BCUT2D eigenvalue weighted by molar-refractivity contribution is 14.1. The number of nitrogens with zero attached hydrogens (tertiary/aromatic N) is 1. The molecule has 0 unspecified atom stereocenters. The van der Waals surface area contributed by atoms with E-state index in [1.54, 1.807) is 30.1 Å². The number of hydrogen-bond acceptors (Lipinski definition) is 3. The Morgan fingerprint density at radius 2 is 2.00 bits per heavy atom. The molecular formula is C20H16FIN2O3. The SMILES string of the molecule is CNC(=O)c1c(-c2ccc(F)cc2)oc2cc(N3CCCC3=O)c(I)cc12. The maximum absolute atomic E-state index is 13.3. The highest BCUT2D eigenvalue weighted by atomic mass is 127. The monoisotopic (exact) mass is 478 g/mol. The Kier molecular flexibility index (Phi) is 4.63. The van der Waals surface area contributed by atoms with Crippen LogP contribution in [0.5, 0.6) is 0 Å². The first-order chi connectivity index (χ1) is 13.0. The molecule has 2 amide bonds. The van der Waals surface area contributed by atoms with Crippen molar-refractivity contribution in [3.05, 3.63) is 51.3 Å². The zero-order valence-corrected chi connectivity index (χ0v) is 16.7. The quantitative estimate of drug-likeness (QED) is 0.571. The van der Waals surface area contributed by atoms with Crippen LogP contribution >= 0.6 is 22.6 Å². The molecule has 0 bridgehead atoms. The normalized spacial score (nSPS) is 14.2. The second-order valence-corrected chi connectivity index (χ2v) is 7.50. The number of benzene rings is 2. The van der Waals surface area contributed by atoms with Gasteiger partial charge in [-0.25, -0.2) is 4.39 Å². The van der Waals surface area contributed by atoms with Gasteiger partial charge in [0.05, 0.1) is 11.3 Å². The molecule has 0 atom stereocenters. The van der Waals surface area contributed by atoms with Gasteiger partial charge in [-0.05, 0) is 59.3 Å². The van der Waals surface area contributed by atoms with E-state index in [9.17, 15) is 14.0 Å². The van der Waals surface area contributed by atoms with Gasteiger partial charge in [0.25, 0.3) is 5.91 Å². The molecule has 0 spiro atoms. The van der Waals surface area contributed by atoms with Gasteiger partial charge >= 0.3 is 0 Å². The molecule has 27 heavy (non-hydrogen) atoms. The summed E-state index contributed by atoms with van der Waals surface area (Å²) in [4.78, 5) is 26.4. The first-order valence-corrected chi connectivity index (χ1v) is 9.62. The molecule has 1 aliphatic heterocycles. The predicted octanol–water partition coefficient (Wildman–Crippen LogP) is 4.33. The van der Waals surface area contributed by atoms with Crippen LogP contribution < -0.4 is 10.2 Å². The summed E-state index contributed by atoms with van der Waals surface area (Å²) in [6.45, 7) is 0.675. The van der Waals surface area contributed by atoms with Gasteiger partial charge in [0.15, 0.2) is 0 Å². The van der Waals surface area contributed by atoms with Crippen molar-refractivity contribution in [3.8, 4) is 11.3 Å². The number of rotatable bonds is 3. The minimum absolute atomic E-state index is 0.0871. The van der Waals surface area contributed by atoms with Crippen molar-refractivity contribution in [1.29, 1.82) is 0 Å². The first kappa shape index (κ1) is 18.0. The van der Waals surface area contributed by atoms with E-state index in [1.165, 1.54) is 12.1 Å². The van der Waals surface area contributed by atoms with Gasteiger partial charge in [0, 0.05) is 40.6 Å². The third-order valence-corrected chi connectivity index (χ3v) is 5.55. The molecule has 1 N–H and O–H groups in total. The Balaban J connectivity index is 1.94. The molecule has 2 heterocycles. The molecule has 1 fully saturated rings. The average molecular weight is 478 g/mol. The highest BCUT2D eigenvalue weighted by Crippen LogP contribution is 2.38. The van der Waals surface area contributed by atoms with Gasteiger partial charge in [-0.15, -0.1) is 0 Å². The van der Waals surface area contributed by atoms with Crippen molar-refractivity contribution in [2.24, 2.45) is 0 Å². The van der Waals surface area contributed by atoms with Gasteiger partial charge < -0.3 is 14.6 Å². The molecule has 1 aliphatic rings. The second kappa shape index (κ2) is 6.95. The summed E-state index contributed by atoms with van der Waals surface area (Å²) in [5, 5.41) is 3.30. The third-order valence-electron chi connectivity index (χ3n) is 4.68. The number of carbonyl (C=O) groups excluding carboxylic acids is 2. The molecule has 2 aromatic carbocycles. The number of furan rings is 1. The topological polar surface area (TPSA) is 62.6 Å². The fourth-order valence-corrected chi connectivity index (χ4v) is 4.13. The summed E-state index contributed by atoms with van der Waals surface area (Å²) in [5.41, 5.74) is 2.31. The molecule has 0 saturated carbocycles. The fraction of sp³-hybridized carbons (Fsp3) is 0.200.